The molecule has 138 valence electrons. The zero-order chi connectivity index (χ0) is 19.0. The minimum absolute atomic E-state index is 0.171. The number of nitrogens with one attached hydrogen (secondary N) is 3. The van der Waals surface area contributed by atoms with Crippen LogP contribution in [-0.4, -0.2) is 30.9 Å². The second kappa shape index (κ2) is 9.66. The number of anilines is 2. The molecule has 1 rings (SSSR count). The van der Waals surface area contributed by atoms with Crippen molar-refractivity contribution in [2.45, 2.75) is 46.6 Å². The molecule has 0 heterocycles. The van der Waals surface area contributed by atoms with Crippen LogP contribution in [0.4, 0.5) is 11.4 Å². The van der Waals surface area contributed by atoms with Gasteiger partial charge in [-0.05, 0) is 18.6 Å². The first-order valence-electron chi connectivity index (χ1n) is 8.35. The zero-order valence-corrected chi connectivity index (χ0v) is 15.4. The van der Waals surface area contributed by atoms with E-state index >= 15 is 0 Å². The standard InChI is InChI=1S/C18H27N3O4/c1-6-7-15(19-12(4)22)18(24)20-14-9-8-13(25-5)10-16(14)21-17(23)11(2)3/h8-11,15H,6-7H2,1-5H3,(H,19,22)(H,20,24)(H,21,23)/t15-/m1/s1. The van der Waals surface area contributed by atoms with Gasteiger partial charge in [0, 0.05) is 18.9 Å². The fraction of sp³-hybridized carbons (Fsp3) is 0.500. The molecule has 7 heteroatoms. The van der Waals surface area contributed by atoms with E-state index in [0.717, 1.165) is 6.42 Å². The van der Waals surface area contributed by atoms with E-state index in [2.05, 4.69) is 16.0 Å². The number of carbonyl (C=O) groups is 3. The number of ether oxygens (including phenoxy) is 1. The van der Waals surface area contributed by atoms with Gasteiger partial charge in [-0.1, -0.05) is 27.2 Å². The van der Waals surface area contributed by atoms with Crippen molar-refractivity contribution in [2.75, 3.05) is 17.7 Å². The molecule has 0 aromatic heterocycles. The summed E-state index contributed by atoms with van der Waals surface area (Å²) in [5.74, 6) is -0.416. The Bertz CT molecular complexity index is 629. The predicted molar refractivity (Wildman–Crippen MR) is 97.6 cm³/mol. The Balaban J connectivity index is 3.03. The van der Waals surface area contributed by atoms with Crippen molar-refractivity contribution in [3.8, 4) is 5.75 Å². The number of benzene rings is 1. The van der Waals surface area contributed by atoms with Crippen LogP contribution in [0, 0.1) is 5.92 Å². The van der Waals surface area contributed by atoms with E-state index < -0.39 is 6.04 Å². The van der Waals surface area contributed by atoms with E-state index in [1.807, 2.05) is 6.92 Å². The van der Waals surface area contributed by atoms with Crippen molar-refractivity contribution in [3.05, 3.63) is 18.2 Å². The maximum atomic E-state index is 12.5. The maximum Gasteiger partial charge on any atom is 0.247 e. The molecule has 0 aliphatic carbocycles. The van der Waals surface area contributed by atoms with Crippen LogP contribution in [-0.2, 0) is 14.4 Å². The van der Waals surface area contributed by atoms with Crippen molar-refractivity contribution in [2.24, 2.45) is 5.92 Å². The molecule has 1 atom stereocenters. The molecule has 1 aromatic carbocycles. The number of carbonyl (C=O) groups excluding carboxylic acids is 3. The Morgan fingerprint density at radius 2 is 1.72 bits per heavy atom. The molecule has 0 aliphatic rings. The summed E-state index contributed by atoms with van der Waals surface area (Å²) < 4.78 is 5.17. The Morgan fingerprint density at radius 1 is 1.08 bits per heavy atom. The molecule has 3 N–H and O–H groups in total. The van der Waals surface area contributed by atoms with Gasteiger partial charge < -0.3 is 20.7 Å². The van der Waals surface area contributed by atoms with Crippen molar-refractivity contribution in [1.29, 1.82) is 0 Å². The highest BCUT2D eigenvalue weighted by atomic mass is 16.5. The van der Waals surface area contributed by atoms with Gasteiger partial charge in [0.25, 0.3) is 0 Å². The van der Waals surface area contributed by atoms with Gasteiger partial charge in [0.1, 0.15) is 11.8 Å². The van der Waals surface area contributed by atoms with Crippen LogP contribution in [0.25, 0.3) is 0 Å². The maximum absolute atomic E-state index is 12.5. The molecule has 0 aliphatic heterocycles. The highest BCUT2D eigenvalue weighted by Gasteiger charge is 2.20. The van der Waals surface area contributed by atoms with Gasteiger partial charge in [-0.3, -0.25) is 14.4 Å². The van der Waals surface area contributed by atoms with E-state index in [9.17, 15) is 14.4 Å². The molecule has 0 spiro atoms. The largest absolute Gasteiger partial charge is 0.497 e. The highest BCUT2D eigenvalue weighted by Crippen LogP contribution is 2.28. The summed E-state index contributed by atoms with van der Waals surface area (Å²) in [6.45, 7) is 6.87. The van der Waals surface area contributed by atoms with E-state index in [0.29, 0.717) is 23.5 Å². The van der Waals surface area contributed by atoms with Gasteiger partial charge in [0.15, 0.2) is 0 Å². The first-order chi connectivity index (χ1) is 11.8. The first-order valence-corrected chi connectivity index (χ1v) is 8.35. The van der Waals surface area contributed by atoms with Gasteiger partial charge in [-0.15, -0.1) is 0 Å². The average molecular weight is 349 g/mol. The predicted octanol–water partition coefficient (Wildman–Crippen LogP) is 2.53. The normalized spacial score (nSPS) is 11.6. The minimum atomic E-state index is -0.627. The molecule has 7 nitrogen and oxygen atoms in total. The molecular weight excluding hydrogens is 322 g/mol. The number of methoxy groups -OCH3 is 1. The van der Waals surface area contributed by atoms with Crippen LogP contribution in [0.1, 0.15) is 40.5 Å². The van der Waals surface area contributed by atoms with E-state index in [1.54, 1.807) is 32.0 Å². The molecule has 0 fully saturated rings. The Morgan fingerprint density at radius 3 is 2.24 bits per heavy atom. The summed E-state index contributed by atoms with van der Waals surface area (Å²) in [4.78, 5) is 35.8. The monoisotopic (exact) mass is 349 g/mol. The molecule has 0 saturated carbocycles. The van der Waals surface area contributed by atoms with Crippen molar-refractivity contribution in [3.63, 3.8) is 0 Å². The Kier molecular flexibility index (Phi) is 7.91. The minimum Gasteiger partial charge on any atom is -0.497 e. The van der Waals surface area contributed by atoms with E-state index in [1.165, 1.54) is 14.0 Å². The highest BCUT2D eigenvalue weighted by molar-refractivity contribution is 6.02. The van der Waals surface area contributed by atoms with Crippen LogP contribution >= 0.6 is 0 Å². The third-order valence-corrected chi connectivity index (χ3v) is 3.54. The zero-order valence-electron chi connectivity index (χ0n) is 15.4. The Labute approximate surface area is 148 Å². The lowest BCUT2D eigenvalue weighted by molar-refractivity contribution is -0.125. The van der Waals surface area contributed by atoms with Crippen LogP contribution in [0.3, 0.4) is 0 Å². The van der Waals surface area contributed by atoms with Crippen molar-refractivity contribution >= 4 is 29.1 Å². The Hall–Kier alpha value is -2.57. The molecule has 3 amide bonds. The second-order valence-corrected chi connectivity index (χ2v) is 6.09. The lowest BCUT2D eigenvalue weighted by Crippen LogP contribution is -2.42. The fourth-order valence-electron chi connectivity index (χ4n) is 2.16. The van der Waals surface area contributed by atoms with Crippen LogP contribution in [0.2, 0.25) is 0 Å². The van der Waals surface area contributed by atoms with Gasteiger partial charge in [-0.2, -0.15) is 0 Å². The molecule has 0 unspecified atom stereocenters. The molecule has 1 aromatic rings. The SMILES string of the molecule is CCC[C@@H](NC(C)=O)C(=O)Nc1ccc(OC)cc1NC(=O)C(C)C. The van der Waals surface area contributed by atoms with Crippen molar-refractivity contribution < 1.29 is 19.1 Å². The van der Waals surface area contributed by atoms with E-state index in [4.69, 9.17) is 4.74 Å². The number of hydrogen-bond donors (Lipinski definition) is 3. The smallest absolute Gasteiger partial charge is 0.247 e. The molecule has 0 saturated heterocycles. The average Bonchev–Trinajstić information content (AvgIpc) is 2.55. The third kappa shape index (κ3) is 6.45. The summed E-state index contributed by atoms with van der Waals surface area (Å²) in [5, 5.41) is 8.19. The summed E-state index contributed by atoms with van der Waals surface area (Å²) in [6, 6.07) is 4.36. The molecule has 0 radical (unpaired) electrons. The van der Waals surface area contributed by atoms with Crippen molar-refractivity contribution in [1.82, 2.24) is 5.32 Å². The summed E-state index contributed by atoms with van der Waals surface area (Å²) >= 11 is 0. The van der Waals surface area contributed by atoms with Gasteiger partial charge in [0.05, 0.1) is 18.5 Å². The van der Waals surface area contributed by atoms with Gasteiger partial charge >= 0.3 is 0 Å². The molecule has 0 bridgehead atoms. The lowest BCUT2D eigenvalue weighted by atomic mass is 10.1. The summed E-state index contributed by atoms with van der Waals surface area (Å²) in [5.41, 5.74) is 0.899. The molecular formula is C18H27N3O4. The second-order valence-electron chi connectivity index (χ2n) is 6.09. The quantitative estimate of drug-likeness (QED) is 0.672. The van der Waals surface area contributed by atoms with Gasteiger partial charge in [0.2, 0.25) is 17.7 Å². The fourth-order valence-corrected chi connectivity index (χ4v) is 2.16. The summed E-state index contributed by atoms with van der Waals surface area (Å²) in [6.07, 6.45) is 1.27. The number of amides is 3. The lowest BCUT2D eigenvalue weighted by Gasteiger charge is -2.19. The van der Waals surface area contributed by atoms with Crippen LogP contribution < -0.4 is 20.7 Å². The van der Waals surface area contributed by atoms with Crippen LogP contribution in [0.5, 0.6) is 5.75 Å². The topological polar surface area (TPSA) is 96.5 Å². The molecule has 25 heavy (non-hydrogen) atoms. The summed E-state index contributed by atoms with van der Waals surface area (Å²) in [7, 11) is 1.52. The number of hydrogen-bond acceptors (Lipinski definition) is 4. The first kappa shape index (κ1) is 20.5. The van der Waals surface area contributed by atoms with E-state index in [-0.39, 0.29) is 23.6 Å². The number of rotatable bonds is 8. The third-order valence-electron chi connectivity index (χ3n) is 3.54. The van der Waals surface area contributed by atoms with Gasteiger partial charge in [-0.25, -0.2) is 0 Å². The van der Waals surface area contributed by atoms with Crippen LogP contribution in [0.15, 0.2) is 18.2 Å².